The zero-order valence-corrected chi connectivity index (χ0v) is 12.9. The minimum atomic E-state index is -0.714. The van der Waals surface area contributed by atoms with Gasteiger partial charge in [-0.1, -0.05) is 12.1 Å². The van der Waals surface area contributed by atoms with Gasteiger partial charge in [0.05, 0.1) is 13.7 Å². The highest BCUT2D eigenvalue weighted by molar-refractivity contribution is 5.75. The predicted octanol–water partition coefficient (Wildman–Crippen LogP) is 2.93. The van der Waals surface area contributed by atoms with Crippen molar-refractivity contribution in [2.45, 2.75) is 12.5 Å². The van der Waals surface area contributed by atoms with Gasteiger partial charge in [0.2, 0.25) is 5.75 Å². The van der Waals surface area contributed by atoms with Crippen molar-refractivity contribution < 1.29 is 24.8 Å². The molecule has 0 bridgehead atoms. The Bertz CT molecular complexity index is 781. The molecular formula is C18H18O5. The van der Waals surface area contributed by atoms with Crippen molar-refractivity contribution in [3.8, 4) is 34.1 Å². The van der Waals surface area contributed by atoms with Crippen LogP contribution in [0.5, 0.6) is 23.0 Å². The van der Waals surface area contributed by atoms with E-state index < -0.39 is 5.60 Å². The first-order valence-corrected chi connectivity index (χ1v) is 7.19. The highest BCUT2D eigenvalue weighted by Gasteiger charge is 2.26. The molecule has 23 heavy (non-hydrogen) atoms. The molecule has 1 atom stereocenters. The van der Waals surface area contributed by atoms with E-state index in [2.05, 4.69) is 0 Å². The summed E-state index contributed by atoms with van der Waals surface area (Å²) in [4.78, 5) is 0. The largest absolute Gasteiger partial charge is 0.504 e. The van der Waals surface area contributed by atoms with Crippen LogP contribution in [0.1, 0.15) is 12.5 Å². The Labute approximate surface area is 134 Å². The Hall–Kier alpha value is -2.66. The number of aliphatic hydroxyl groups is 1. The third kappa shape index (κ3) is 2.71. The van der Waals surface area contributed by atoms with Crippen LogP contribution in [0, 0.1) is 0 Å². The molecule has 0 fully saturated rings. The molecule has 1 unspecified atom stereocenters. The molecule has 2 aromatic rings. The van der Waals surface area contributed by atoms with Gasteiger partial charge in [0.15, 0.2) is 11.5 Å². The van der Waals surface area contributed by atoms with Crippen LogP contribution in [0.4, 0.5) is 0 Å². The van der Waals surface area contributed by atoms with Gasteiger partial charge in [-0.25, -0.2) is 0 Å². The number of fused-ring (bicyclic) bond motifs is 1. The lowest BCUT2D eigenvalue weighted by molar-refractivity contribution is 0.0641. The fourth-order valence-corrected chi connectivity index (χ4v) is 2.50. The van der Waals surface area contributed by atoms with Gasteiger partial charge in [0, 0.05) is 5.56 Å². The van der Waals surface area contributed by atoms with E-state index in [1.807, 2.05) is 37.3 Å². The summed E-state index contributed by atoms with van der Waals surface area (Å²) < 4.78 is 10.9. The summed E-state index contributed by atoms with van der Waals surface area (Å²) in [5.41, 5.74) is 1.72. The van der Waals surface area contributed by atoms with Crippen molar-refractivity contribution in [1.29, 1.82) is 0 Å². The van der Waals surface area contributed by atoms with E-state index in [9.17, 15) is 15.3 Å². The number of aliphatic hydroxyl groups excluding tert-OH is 1. The van der Waals surface area contributed by atoms with Crippen LogP contribution in [0.2, 0.25) is 0 Å². The van der Waals surface area contributed by atoms with E-state index in [-0.39, 0.29) is 23.9 Å². The van der Waals surface area contributed by atoms with Crippen molar-refractivity contribution in [3.63, 3.8) is 0 Å². The molecule has 0 saturated heterocycles. The summed E-state index contributed by atoms with van der Waals surface area (Å²) in [5.74, 6) is 0.369. The summed E-state index contributed by atoms with van der Waals surface area (Å²) in [6, 6.07) is 8.71. The molecule has 0 spiro atoms. The van der Waals surface area contributed by atoms with E-state index in [0.29, 0.717) is 11.3 Å². The average molecular weight is 314 g/mol. The van der Waals surface area contributed by atoms with E-state index in [1.165, 1.54) is 13.2 Å². The molecule has 3 N–H and O–H groups in total. The van der Waals surface area contributed by atoms with Gasteiger partial charge in [-0.15, -0.1) is 0 Å². The smallest absolute Gasteiger partial charge is 0.200 e. The second-order valence-electron chi connectivity index (χ2n) is 5.71. The van der Waals surface area contributed by atoms with E-state index in [1.54, 1.807) is 6.07 Å². The fraction of sp³-hybridized carbons (Fsp3) is 0.222. The van der Waals surface area contributed by atoms with Gasteiger partial charge in [-0.2, -0.15) is 0 Å². The van der Waals surface area contributed by atoms with Gasteiger partial charge in [0.1, 0.15) is 11.4 Å². The van der Waals surface area contributed by atoms with Crippen LogP contribution in [-0.4, -0.2) is 34.6 Å². The molecule has 3 rings (SSSR count). The lowest BCUT2D eigenvalue weighted by Gasteiger charge is -2.29. The lowest BCUT2D eigenvalue weighted by atomic mass is 9.97. The number of rotatable bonds is 3. The molecule has 1 aliphatic rings. The number of phenols is 2. The Morgan fingerprint density at radius 1 is 1.13 bits per heavy atom. The number of phenolic OH excluding ortho intramolecular Hbond substituents is 2. The molecule has 0 saturated carbocycles. The van der Waals surface area contributed by atoms with Crippen LogP contribution in [-0.2, 0) is 0 Å². The van der Waals surface area contributed by atoms with Gasteiger partial charge in [0.25, 0.3) is 0 Å². The van der Waals surface area contributed by atoms with Crippen LogP contribution in [0.3, 0.4) is 0 Å². The van der Waals surface area contributed by atoms with Crippen molar-refractivity contribution in [1.82, 2.24) is 0 Å². The molecule has 0 aromatic heterocycles. The highest BCUT2D eigenvalue weighted by Crippen LogP contribution is 2.41. The first kappa shape index (κ1) is 15.2. The fourth-order valence-electron chi connectivity index (χ4n) is 2.50. The maximum absolute atomic E-state index is 9.82. The standard InChI is InChI=1S/C18H18O5/c1-18(10-19)6-5-12-7-11(3-4-15(12)23-18)13-8-14(20)17(21)16(9-13)22-2/h3-9,19-21H,10H2,1-2H3. The SMILES string of the molecule is COc1cc(-c2ccc3c(c2)C=CC(C)(CO)O3)cc(O)c1O. The van der Waals surface area contributed by atoms with Crippen molar-refractivity contribution in [2.24, 2.45) is 0 Å². The van der Waals surface area contributed by atoms with Crippen LogP contribution < -0.4 is 9.47 Å². The molecule has 0 radical (unpaired) electrons. The zero-order chi connectivity index (χ0) is 16.6. The summed E-state index contributed by atoms with van der Waals surface area (Å²) in [5, 5.41) is 28.9. The number of ether oxygens (including phenoxy) is 2. The summed E-state index contributed by atoms with van der Waals surface area (Å²) in [6.45, 7) is 1.71. The molecule has 120 valence electrons. The molecule has 0 aliphatic carbocycles. The predicted molar refractivity (Wildman–Crippen MR) is 86.9 cm³/mol. The Balaban J connectivity index is 2.03. The molecule has 5 nitrogen and oxygen atoms in total. The molecule has 1 heterocycles. The monoisotopic (exact) mass is 314 g/mol. The van der Waals surface area contributed by atoms with Gasteiger partial charge in [-0.05, 0) is 48.4 Å². The van der Waals surface area contributed by atoms with Crippen molar-refractivity contribution in [2.75, 3.05) is 13.7 Å². The number of hydrogen-bond acceptors (Lipinski definition) is 5. The number of aromatic hydroxyl groups is 2. The molecule has 1 aliphatic heterocycles. The first-order valence-electron chi connectivity index (χ1n) is 7.19. The van der Waals surface area contributed by atoms with Gasteiger partial charge in [-0.3, -0.25) is 0 Å². The average Bonchev–Trinajstić information content (AvgIpc) is 2.56. The zero-order valence-electron chi connectivity index (χ0n) is 12.9. The maximum Gasteiger partial charge on any atom is 0.200 e. The summed E-state index contributed by atoms with van der Waals surface area (Å²) in [7, 11) is 1.43. The van der Waals surface area contributed by atoms with Crippen molar-refractivity contribution >= 4 is 6.08 Å². The third-order valence-electron chi connectivity index (χ3n) is 3.89. The molecule has 2 aromatic carbocycles. The Morgan fingerprint density at radius 3 is 2.61 bits per heavy atom. The minimum absolute atomic E-state index is 0.103. The van der Waals surface area contributed by atoms with E-state index in [4.69, 9.17) is 9.47 Å². The summed E-state index contributed by atoms with van der Waals surface area (Å²) >= 11 is 0. The maximum atomic E-state index is 9.82. The first-order chi connectivity index (χ1) is 11.0. The molecular weight excluding hydrogens is 296 g/mol. The van der Waals surface area contributed by atoms with Crippen LogP contribution in [0.15, 0.2) is 36.4 Å². The van der Waals surface area contributed by atoms with E-state index >= 15 is 0 Å². The summed E-state index contributed by atoms with van der Waals surface area (Å²) in [6.07, 6.45) is 3.71. The van der Waals surface area contributed by atoms with Gasteiger partial charge < -0.3 is 24.8 Å². The topological polar surface area (TPSA) is 79.2 Å². The third-order valence-corrected chi connectivity index (χ3v) is 3.89. The Morgan fingerprint density at radius 2 is 1.91 bits per heavy atom. The normalized spacial score (nSPS) is 19.1. The van der Waals surface area contributed by atoms with E-state index in [0.717, 1.165) is 11.1 Å². The quantitative estimate of drug-likeness (QED) is 0.759. The molecule has 0 amide bonds. The van der Waals surface area contributed by atoms with Gasteiger partial charge >= 0.3 is 0 Å². The number of benzene rings is 2. The lowest BCUT2D eigenvalue weighted by Crippen LogP contribution is -2.35. The molecule has 5 heteroatoms. The number of hydrogen-bond donors (Lipinski definition) is 3. The highest BCUT2D eigenvalue weighted by atomic mass is 16.5. The van der Waals surface area contributed by atoms with Crippen molar-refractivity contribution in [3.05, 3.63) is 42.0 Å². The number of methoxy groups -OCH3 is 1. The minimum Gasteiger partial charge on any atom is -0.504 e. The second kappa shape index (κ2) is 5.52. The van der Waals surface area contributed by atoms with Crippen LogP contribution in [0.25, 0.3) is 17.2 Å². The second-order valence-corrected chi connectivity index (χ2v) is 5.71. The Kier molecular flexibility index (Phi) is 3.66. The van der Waals surface area contributed by atoms with Crippen LogP contribution >= 0.6 is 0 Å².